The van der Waals surface area contributed by atoms with Gasteiger partial charge in [-0.05, 0) is 72.6 Å². The van der Waals surface area contributed by atoms with Crippen LogP contribution in [-0.4, -0.2) is 53.5 Å². The lowest BCUT2D eigenvalue weighted by molar-refractivity contribution is -0.0945. The molecule has 39 heavy (non-hydrogen) atoms. The summed E-state index contributed by atoms with van der Waals surface area (Å²) in [6, 6.07) is 8.69. The molecular formula is C32H56O5Si2. The molecule has 5 nitrogen and oxygen atoms in total. The molecule has 3 rings (SSSR count). The predicted octanol–water partition coefficient (Wildman–Crippen LogP) is 7.85. The average molecular weight is 577 g/mol. The SMILES string of the molecule is COCc1cccc(CCC(/C=C/C2[C@H]3CC(O)O[C@H]3C[C@H]2O[Si](C)(C)C(C)(C)C)O[Si](C)(C)C(C)(C)C)c1. The molecule has 0 spiro atoms. The Kier molecular flexibility index (Phi) is 10.6. The Morgan fingerprint density at radius 1 is 1.00 bits per heavy atom. The van der Waals surface area contributed by atoms with Gasteiger partial charge in [-0.15, -0.1) is 0 Å². The van der Waals surface area contributed by atoms with Gasteiger partial charge in [0.15, 0.2) is 22.9 Å². The van der Waals surface area contributed by atoms with Crippen molar-refractivity contribution in [1.82, 2.24) is 0 Å². The molecule has 1 aromatic rings. The van der Waals surface area contributed by atoms with Gasteiger partial charge in [0, 0.05) is 19.4 Å². The maximum absolute atomic E-state index is 10.3. The largest absolute Gasteiger partial charge is 0.413 e. The Labute approximate surface area is 240 Å². The van der Waals surface area contributed by atoms with Gasteiger partial charge < -0.3 is 23.4 Å². The third kappa shape index (κ3) is 8.37. The molecule has 6 atom stereocenters. The van der Waals surface area contributed by atoms with Crippen LogP contribution in [-0.2, 0) is 31.4 Å². The number of aliphatic hydroxyl groups is 1. The molecule has 1 aliphatic heterocycles. The molecule has 1 saturated heterocycles. The molecule has 0 amide bonds. The van der Waals surface area contributed by atoms with Gasteiger partial charge in [0.1, 0.15) is 0 Å². The number of hydrogen-bond acceptors (Lipinski definition) is 5. The van der Waals surface area contributed by atoms with Crippen molar-refractivity contribution in [3.8, 4) is 0 Å². The van der Waals surface area contributed by atoms with Crippen molar-refractivity contribution in [1.29, 1.82) is 0 Å². The second-order valence-electron chi connectivity index (χ2n) is 14.9. The third-order valence-electron chi connectivity index (χ3n) is 9.74. The molecule has 1 aromatic carbocycles. The van der Waals surface area contributed by atoms with Crippen molar-refractivity contribution in [3.63, 3.8) is 0 Å². The minimum absolute atomic E-state index is 0.0248. The van der Waals surface area contributed by atoms with Crippen LogP contribution in [0.3, 0.4) is 0 Å². The number of rotatable bonds is 11. The van der Waals surface area contributed by atoms with Crippen molar-refractivity contribution in [3.05, 3.63) is 47.5 Å². The second-order valence-corrected chi connectivity index (χ2v) is 24.4. The quantitative estimate of drug-likeness (QED) is 0.215. The summed E-state index contributed by atoms with van der Waals surface area (Å²) in [7, 11) is -2.20. The maximum atomic E-state index is 10.3. The van der Waals surface area contributed by atoms with E-state index in [9.17, 15) is 5.11 Å². The molecule has 1 saturated carbocycles. The van der Waals surface area contributed by atoms with Crippen LogP contribution in [0, 0.1) is 11.8 Å². The zero-order valence-corrected chi connectivity index (χ0v) is 28.5. The van der Waals surface area contributed by atoms with Crippen LogP contribution in [0.15, 0.2) is 36.4 Å². The van der Waals surface area contributed by atoms with E-state index in [4.69, 9.17) is 18.3 Å². The van der Waals surface area contributed by atoms with E-state index in [1.807, 2.05) is 0 Å². The highest BCUT2D eigenvalue weighted by Gasteiger charge is 2.51. The van der Waals surface area contributed by atoms with Gasteiger partial charge in [-0.2, -0.15) is 0 Å². The van der Waals surface area contributed by atoms with E-state index in [0.29, 0.717) is 13.0 Å². The molecule has 0 radical (unpaired) electrons. The molecule has 0 aromatic heterocycles. The summed E-state index contributed by atoms with van der Waals surface area (Å²) >= 11 is 0. The Morgan fingerprint density at radius 3 is 2.26 bits per heavy atom. The van der Waals surface area contributed by atoms with Gasteiger partial charge in [-0.25, -0.2) is 0 Å². The lowest BCUT2D eigenvalue weighted by atomic mass is 9.91. The normalized spacial score (nSPS) is 27.3. The van der Waals surface area contributed by atoms with Crippen LogP contribution in [0.2, 0.25) is 36.3 Å². The van der Waals surface area contributed by atoms with Gasteiger partial charge in [-0.3, -0.25) is 0 Å². The molecule has 1 aliphatic carbocycles. The number of hydrogen-bond donors (Lipinski definition) is 1. The highest BCUT2D eigenvalue weighted by atomic mass is 28.4. The van der Waals surface area contributed by atoms with E-state index < -0.39 is 22.9 Å². The fourth-order valence-electron chi connectivity index (χ4n) is 5.34. The lowest BCUT2D eigenvalue weighted by Crippen LogP contribution is -2.45. The summed E-state index contributed by atoms with van der Waals surface area (Å²) < 4.78 is 25.3. The van der Waals surface area contributed by atoms with E-state index in [1.165, 1.54) is 11.1 Å². The minimum Gasteiger partial charge on any atom is -0.413 e. The minimum atomic E-state index is -1.98. The summed E-state index contributed by atoms with van der Waals surface area (Å²) in [6.45, 7) is 23.8. The van der Waals surface area contributed by atoms with Gasteiger partial charge >= 0.3 is 0 Å². The van der Waals surface area contributed by atoms with Crippen LogP contribution < -0.4 is 0 Å². The summed E-state index contributed by atoms with van der Waals surface area (Å²) in [4.78, 5) is 0. The first kappa shape index (κ1) is 32.7. The Balaban J connectivity index is 1.85. The maximum Gasteiger partial charge on any atom is 0.192 e. The van der Waals surface area contributed by atoms with Crippen molar-refractivity contribution in [2.45, 2.75) is 135 Å². The first-order chi connectivity index (χ1) is 17.9. The number of fused-ring (bicyclic) bond motifs is 1. The van der Waals surface area contributed by atoms with Crippen molar-refractivity contribution >= 4 is 16.6 Å². The highest BCUT2D eigenvalue weighted by molar-refractivity contribution is 6.74. The topological polar surface area (TPSA) is 57.2 Å². The second kappa shape index (κ2) is 12.6. The Bertz CT molecular complexity index is 962. The number of methoxy groups -OCH3 is 1. The van der Waals surface area contributed by atoms with Gasteiger partial charge in [0.2, 0.25) is 0 Å². The zero-order chi connectivity index (χ0) is 29.2. The van der Waals surface area contributed by atoms with Crippen LogP contribution >= 0.6 is 0 Å². The van der Waals surface area contributed by atoms with Crippen LogP contribution in [0.25, 0.3) is 0 Å². The third-order valence-corrected chi connectivity index (χ3v) is 18.8. The van der Waals surface area contributed by atoms with Crippen molar-refractivity contribution in [2.24, 2.45) is 11.8 Å². The molecule has 1 N–H and O–H groups in total. The standard InChI is InChI=1S/C32H56O5Si2/c1-31(2,3)38(8,9)36-25(16-15-23-13-12-14-24(19-23)22-34-7)17-18-26-27-20-30(33)35-28(27)21-29(26)37-39(10,11)32(4,5)6/h12-14,17-19,25-30,33H,15-16,20-22H2,1-11H3/b18-17+/t25?,26?,27-,28+,29-,30?/m1/s1. The van der Waals surface area contributed by atoms with Crippen LogP contribution in [0.4, 0.5) is 0 Å². The average Bonchev–Trinajstić information content (AvgIpc) is 3.29. The van der Waals surface area contributed by atoms with Gasteiger partial charge in [0.05, 0.1) is 24.9 Å². The molecule has 222 valence electrons. The number of aryl methyl sites for hydroxylation is 1. The first-order valence-corrected chi connectivity index (χ1v) is 20.7. The first-order valence-electron chi connectivity index (χ1n) is 14.9. The fraction of sp³-hybridized carbons (Fsp3) is 0.750. The number of ether oxygens (including phenoxy) is 2. The van der Waals surface area contributed by atoms with Gasteiger partial charge in [-0.1, -0.05) is 78.0 Å². The summed E-state index contributed by atoms with van der Waals surface area (Å²) in [5, 5.41) is 10.6. The molecule has 0 bridgehead atoms. The highest BCUT2D eigenvalue weighted by Crippen LogP contribution is 2.48. The fourth-order valence-corrected chi connectivity index (χ4v) is 8.01. The monoisotopic (exact) mass is 576 g/mol. The van der Waals surface area contributed by atoms with E-state index in [2.05, 4.69) is 104 Å². The van der Waals surface area contributed by atoms with Crippen LogP contribution in [0.5, 0.6) is 0 Å². The Morgan fingerprint density at radius 2 is 1.64 bits per heavy atom. The lowest BCUT2D eigenvalue weighted by Gasteiger charge is -2.40. The van der Waals surface area contributed by atoms with E-state index in [1.54, 1.807) is 7.11 Å². The molecule has 1 heterocycles. The van der Waals surface area contributed by atoms with Crippen molar-refractivity contribution in [2.75, 3.05) is 7.11 Å². The Hall–Kier alpha value is -0.806. The molecule has 2 fully saturated rings. The summed E-state index contributed by atoms with van der Waals surface area (Å²) in [5.74, 6) is 0.502. The number of benzene rings is 1. The zero-order valence-electron chi connectivity index (χ0n) is 26.5. The molecule has 2 aliphatic rings. The van der Waals surface area contributed by atoms with Gasteiger partial charge in [0.25, 0.3) is 0 Å². The predicted molar refractivity (Wildman–Crippen MR) is 166 cm³/mol. The summed E-state index contributed by atoms with van der Waals surface area (Å²) in [6.07, 6.45) is 7.62. The van der Waals surface area contributed by atoms with Crippen molar-refractivity contribution < 1.29 is 23.4 Å². The van der Waals surface area contributed by atoms with Crippen LogP contribution in [0.1, 0.15) is 71.9 Å². The smallest absolute Gasteiger partial charge is 0.192 e. The van der Waals surface area contributed by atoms with E-state index >= 15 is 0 Å². The summed E-state index contributed by atoms with van der Waals surface area (Å²) in [5.41, 5.74) is 2.52. The molecule has 3 unspecified atom stereocenters. The number of aliphatic hydroxyl groups excluding tert-OH is 1. The van der Waals surface area contributed by atoms with E-state index in [-0.39, 0.29) is 40.2 Å². The molecule has 7 heteroatoms. The van der Waals surface area contributed by atoms with E-state index in [0.717, 1.165) is 19.3 Å². The molecular weight excluding hydrogens is 521 g/mol.